The van der Waals surface area contributed by atoms with Gasteiger partial charge in [-0.25, -0.2) is 0 Å². The predicted molar refractivity (Wildman–Crippen MR) is 76.5 cm³/mol. The van der Waals surface area contributed by atoms with Crippen LogP contribution in [0.2, 0.25) is 5.02 Å². The van der Waals surface area contributed by atoms with E-state index in [1.807, 2.05) is 24.3 Å². The lowest BCUT2D eigenvalue weighted by Gasteiger charge is -2.11. The minimum Gasteiger partial charge on any atom is -0.487 e. The highest BCUT2D eigenvalue weighted by molar-refractivity contribution is 6.32. The van der Waals surface area contributed by atoms with Crippen LogP contribution < -0.4 is 4.74 Å². The van der Waals surface area contributed by atoms with E-state index < -0.39 is 0 Å². The van der Waals surface area contributed by atoms with Crippen molar-refractivity contribution in [2.24, 2.45) is 0 Å². The maximum Gasteiger partial charge on any atom is 0.142 e. The van der Waals surface area contributed by atoms with Crippen molar-refractivity contribution in [2.45, 2.75) is 12.5 Å². The van der Waals surface area contributed by atoms with Crippen LogP contribution in [0.25, 0.3) is 0 Å². The van der Waals surface area contributed by atoms with Gasteiger partial charge in [-0.05, 0) is 23.8 Å². The Morgan fingerprint density at radius 2 is 1.95 bits per heavy atom. The van der Waals surface area contributed by atoms with Crippen molar-refractivity contribution in [1.82, 2.24) is 0 Å². The molecule has 2 aromatic rings. The summed E-state index contributed by atoms with van der Waals surface area (Å²) in [6, 6.07) is 14.8. The second-order valence-corrected chi connectivity index (χ2v) is 4.64. The van der Waals surface area contributed by atoms with Gasteiger partial charge in [0.2, 0.25) is 0 Å². The van der Waals surface area contributed by atoms with Crippen LogP contribution in [0, 0.1) is 11.3 Å². The maximum absolute atomic E-state index is 8.84. The SMILES string of the molecule is N#Cc1cccc(COc2c(Cl)cccc2CCl)c1. The second-order valence-electron chi connectivity index (χ2n) is 3.96. The van der Waals surface area contributed by atoms with Gasteiger partial charge in [-0.15, -0.1) is 11.6 Å². The number of para-hydroxylation sites is 1. The molecular weight excluding hydrogens is 281 g/mol. The average Bonchev–Trinajstić information content (AvgIpc) is 2.46. The van der Waals surface area contributed by atoms with Crippen molar-refractivity contribution in [3.8, 4) is 11.8 Å². The number of hydrogen-bond donors (Lipinski definition) is 0. The van der Waals surface area contributed by atoms with Crippen molar-refractivity contribution < 1.29 is 4.74 Å². The fourth-order valence-electron chi connectivity index (χ4n) is 1.71. The molecule has 0 radical (unpaired) electrons. The number of ether oxygens (including phenoxy) is 1. The van der Waals surface area contributed by atoms with Crippen LogP contribution in [0.4, 0.5) is 0 Å². The maximum atomic E-state index is 8.84. The van der Waals surface area contributed by atoms with Gasteiger partial charge in [-0.2, -0.15) is 5.26 Å². The standard InChI is InChI=1S/C15H11Cl2NO/c16-8-13-5-2-6-14(17)15(13)19-10-12-4-1-3-11(7-12)9-18/h1-7H,8,10H2. The fourth-order valence-corrected chi connectivity index (χ4v) is 2.17. The minimum atomic E-state index is 0.341. The summed E-state index contributed by atoms with van der Waals surface area (Å²) in [4.78, 5) is 0. The van der Waals surface area contributed by atoms with Gasteiger partial charge in [-0.1, -0.05) is 35.9 Å². The molecule has 19 heavy (non-hydrogen) atoms. The number of hydrogen-bond acceptors (Lipinski definition) is 2. The van der Waals surface area contributed by atoms with Crippen molar-refractivity contribution in [1.29, 1.82) is 5.26 Å². The van der Waals surface area contributed by atoms with Gasteiger partial charge >= 0.3 is 0 Å². The van der Waals surface area contributed by atoms with Gasteiger partial charge in [0, 0.05) is 5.56 Å². The number of rotatable bonds is 4. The van der Waals surface area contributed by atoms with E-state index in [9.17, 15) is 0 Å². The first-order valence-corrected chi connectivity index (χ1v) is 6.61. The molecule has 0 heterocycles. The lowest BCUT2D eigenvalue weighted by molar-refractivity contribution is 0.304. The van der Waals surface area contributed by atoms with Gasteiger partial charge < -0.3 is 4.74 Å². The third-order valence-electron chi connectivity index (χ3n) is 2.63. The number of alkyl halides is 1. The summed E-state index contributed by atoms with van der Waals surface area (Å²) < 4.78 is 5.72. The Bertz CT molecular complexity index is 620. The molecule has 0 fully saturated rings. The van der Waals surface area contributed by atoms with E-state index in [4.69, 9.17) is 33.2 Å². The molecule has 0 N–H and O–H groups in total. The normalized spacial score (nSPS) is 9.95. The topological polar surface area (TPSA) is 33.0 Å². The molecule has 0 bridgehead atoms. The van der Waals surface area contributed by atoms with Gasteiger partial charge in [0.15, 0.2) is 0 Å². The van der Waals surface area contributed by atoms with E-state index >= 15 is 0 Å². The summed E-state index contributed by atoms with van der Waals surface area (Å²) in [5.41, 5.74) is 2.38. The quantitative estimate of drug-likeness (QED) is 0.776. The van der Waals surface area contributed by atoms with Gasteiger partial charge in [0.1, 0.15) is 12.4 Å². The van der Waals surface area contributed by atoms with Crippen LogP contribution in [-0.4, -0.2) is 0 Å². The Labute approximate surface area is 122 Å². The Kier molecular flexibility index (Phi) is 4.68. The molecule has 0 aliphatic carbocycles. The van der Waals surface area contributed by atoms with Crippen LogP contribution in [0.15, 0.2) is 42.5 Å². The summed E-state index contributed by atoms with van der Waals surface area (Å²) in [5, 5.41) is 9.38. The highest BCUT2D eigenvalue weighted by Gasteiger charge is 2.08. The molecule has 0 aromatic heterocycles. The van der Waals surface area contributed by atoms with E-state index in [2.05, 4.69) is 6.07 Å². The monoisotopic (exact) mass is 291 g/mol. The summed E-state index contributed by atoms with van der Waals surface area (Å²) in [5.74, 6) is 0.940. The molecule has 0 saturated heterocycles. The third kappa shape index (κ3) is 3.41. The molecule has 0 unspecified atom stereocenters. The van der Waals surface area contributed by atoms with Crippen molar-refractivity contribution in [2.75, 3.05) is 0 Å². The van der Waals surface area contributed by atoms with E-state index in [1.54, 1.807) is 18.2 Å². The number of benzene rings is 2. The lowest BCUT2D eigenvalue weighted by atomic mass is 10.1. The molecule has 2 nitrogen and oxygen atoms in total. The molecule has 0 atom stereocenters. The molecule has 0 saturated carbocycles. The zero-order valence-electron chi connectivity index (χ0n) is 10.1. The third-order valence-corrected chi connectivity index (χ3v) is 3.22. The molecule has 0 aliphatic rings. The zero-order valence-corrected chi connectivity index (χ0v) is 11.6. The molecular formula is C15H11Cl2NO. The molecule has 0 amide bonds. The van der Waals surface area contributed by atoms with E-state index in [1.165, 1.54) is 0 Å². The number of nitrogens with zero attached hydrogens (tertiary/aromatic N) is 1. The highest BCUT2D eigenvalue weighted by Crippen LogP contribution is 2.30. The van der Waals surface area contributed by atoms with Gasteiger partial charge in [-0.3, -0.25) is 0 Å². The number of nitriles is 1. The van der Waals surface area contributed by atoms with Crippen LogP contribution in [0.5, 0.6) is 5.75 Å². The van der Waals surface area contributed by atoms with Gasteiger partial charge in [0.05, 0.1) is 22.5 Å². The summed E-state index contributed by atoms with van der Waals surface area (Å²) in [6.45, 7) is 0.350. The fraction of sp³-hybridized carbons (Fsp3) is 0.133. The van der Waals surface area contributed by atoms with Crippen LogP contribution >= 0.6 is 23.2 Å². The number of halogens is 2. The van der Waals surface area contributed by atoms with E-state index in [-0.39, 0.29) is 0 Å². The Morgan fingerprint density at radius 1 is 1.16 bits per heavy atom. The zero-order chi connectivity index (χ0) is 13.7. The van der Waals surface area contributed by atoms with Gasteiger partial charge in [0.25, 0.3) is 0 Å². The summed E-state index contributed by atoms with van der Waals surface area (Å²) >= 11 is 11.9. The Hall–Kier alpha value is -1.69. The summed E-state index contributed by atoms with van der Waals surface area (Å²) in [7, 11) is 0. The first-order chi connectivity index (χ1) is 9.24. The molecule has 0 aliphatic heterocycles. The molecule has 2 rings (SSSR count). The van der Waals surface area contributed by atoms with E-state index in [0.717, 1.165) is 11.1 Å². The van der Waals surface area contributed by atoms with Crippen LogP contribution in [0.1, 0.15) is 16.7 Å². The van der Waals surface area contributed by atoms with Crippen LogP contribution in [0.3, 0.4) is 0 Å². The first-order valence-electron chi connectivity index (χ1n) is 5.70. The molecule has 2 aromatic carbocycles. The molecule has 96 valence electrons. The van der Waals surface area contributed by atoms with Crippen LogP contribution in [-0.2, 0) is 12.5 Å². The van der Waals surface area contributed by atoms with Crippen molar-refractivity contribution in [3.63, 3.8) is 0 Å². The largest absolute Gasteiger partial charge is 0.487 e. The minimum absolute atomic E-state index is 0.341. The lowest BCUT2D eigenvalue weighted by Crippen LogP contribution is -1.99. The smallest absolute Gasteiger partial charge is 0.142 e. The molecule has 4 heteroatoms. The highest BCUT2D eigenvalue weighted by atomic mass is 35.5. The summed E-state index contributed by atoms with van der Waals surface area (Å²) in [6.07, 6.45) is 0. The predicted octanol–water partition coefficient (Wildman–Crippen LogP) is 4.53. The second kappa shape index (κ2) is 6.47. The van der Waals surface area contributed by atoms with Crippen molar-refractivity contribution in [3.05, 3.63) is 64.2 Å². The Morgan fingerprint density at radius 3 is 2.68 bits per heavy atom. The Balaban J connectivity index is 2.17. The molecule has 0 spiro atoms. The average molecular weight is 292 g/mol. The van der Waals surface area contributed by atoms with Crippen molar-refractivity contribution >= 4 is 23.2 Å². The van der Waals surface area contributed by atoms with E-state index in [0.29, 0.717) is 28.8 Å². The first kappa shape index (κ1) is 13.7.